The van der Waals surface area contributed by atoms with Crippen LogP contribution in [0.1, 0.15) is 10.6 Å². The minimum absolute atomic E-state index is 0.292. The molecule has 1 aromatic heterocycles. The summed E-state index contributed by atoms with van der Waals surface area (Å²) in [6.07, 6.45) is 0. The second-order valence-corrected chi connectivity index (χ2v) is 6.48. The Morgan fingerprint density at radius 2 is 1.88 bits per heavy atom. The van der Waals surface area contributed by atoms with Crippen LogP contribution in [0.2, 0.25) is 0 Å². The Bertz CT molecular complexity index is 897. The van der Waals surface area contributed by atoms with Crippen molar-refractivity contribution in [3.63, 3.8) is 0 Å². The predicted molar refractivity (Wildman–Crippen MR) is 101 cm³/mol. The number of urea groups is 1. The largest absolute Gasteiger partial charge is 0.497 e. The Balaban J connectivity index is 1.53. The first-order valence-electron chi connectivity index (χ1n) is 7.86. The van der Waals surface area contributed by atoms with Crippen LogP contribution in [0.25, 0.3) is 0 Å². The Kier molecular flexibility index (Phi) is 5.65. The molecule has 0 fully saturated rings. The highest BCUT2D eigenvalue weighted by Gasteiger charge is 2.09. The zero-order valence-corrected chi connectivity index (χ0v) is 15.2. The number of ether oxygens (including phenoxy) is 2. The molecule has 3 aromatic rings. The van der Waals surface area contributed by atoms with Crippen molar-refractivity contribution in [3.05, 3.63) is 59.1 Å². The molecule has 3 rings (SSSR count). The number of hydrogen-bond donors (Lipinski definition) is 2. The number of nitrogens with one attached hydrogen (secondary N) is 2. The zero-order valence-electron chi connectivity index (χ0n) is 14.4. The van der Waals surface area contributed by atoms with E-state index >= 15 is 0 Å². The second-order valence-electron chi connectivity index (χ2n) is 5.42. The fraction of sp³-hybridized carbons (Fsp3) is 0.167. The van der Waals surface area contributed by atoms with E-state index in [1.807, 2.05) is 31.2 Å². The molecule has 26 heavy (non-hydrogen) atoms. The van der Waals surface area contributed by atoms with Crippen molar-refractivity contribution < 1.29 is 14.3 Å². The lowest BCUT2D eigenvalue weighted by Crippen LogP contribution is -2.19. The van der Waals surface area contributed by atoms with Gasteiger partial charge < -0.3 is 14.8 Å². The normalized spacial score (nSPS) is 10.2. The number of benzene rings is 2. The Morgan fingerprint density at radius 1 is 1.08 bits per heavy atom. The quantitative estimate of drug-likeness (QED) is 0.683. The molecular formula is C18H18N4O3S. The molecule has 0 radical (unpaired) electrons. The van der Waals surface area contributed by atoms with Gasteiger partial charge in [-0.25, -0.2) is 4.79 Å². The van der Waals surface area contributed by atoms with E-state index in [2.05, 4.69) is 20.8 Å². The summed E-state index contributed by atoms with van der Waals surface area (Å²) >= 11 is 1.26. The van der Waals surface area contributed by atoms with Crippen molar-refractivity contribution in [2.75, 3.05) is 17.7 Å². The number of hydrogen-bond acceptors (Lipinski definition) is 6. The highest BCUT2D eigenvalue weighted by molar-refractivity contribution is 7.15. The Morgan fingerprint density at radius 3 is 2.69 bits per heavy atom. The lowest BCUT2D eigenvalue weighted by Gasteiger charge is -2.06. The van der Waals surface area contributed by atoms with Gasteiger partial charge in [-0.1, -0.05) is 29.5 Å². The van der Waals surface area contributed by atoms with E-state index in [1.165, 1.54) is 11.3 Å². The van der Waals surface area contributed by atoms with Crippen LogP contribution in [0.15, 0.2) is 48.5 Å². The Hall–Kier alpha value is -3.13. The third-order valence-corrected chi connectivity index (χ3v) is 4.18. The summed E-state index contributed by atoms with van der Waals surface area (Å²) in [5, 5.41) is 14.4. The fourth-order valence-electron chi connectivity index (χ4n) is 2.17. The van der Waals surface area contributed by atoms with Crippen molar-refractivity contribution >= 4 is 28.2 Å². The maximum Gasteiger partial charge on any atom is 0.325 e. The summed E-state index contributed by atoms with van der Waals surface area (Å²) < 4.78 is 10.8. The molecule has 7 nitrogen and oxygen atoms in total. The Labute approximate surface area is 155 Å². The monoisotopic (exact) mass is 370 g/mol. The molecule has 2 N–H and O–H groups in total. The average Bonchev–Trinajstić information content (AvgIpc) is 3.07. The van der Waals surface area contributed by atoms with Gasteiger partial charge in [0.05, 0.1) is 7.11 Å². The number of anilines is 2. The minimum Gasteiger partial charge on any atom is -0.497 e. The summed E-state index contributed by atoms with van der Waals surface area (Å²) in [4.78, 5) is 12.1. The van der Waals surface area contributed by atoms with Crippen LogP contribution in [0.3, 0.4) is 0 Å². The van der Waals surface area contributed by atoms with Crippen molar-refractivity contribution in [1.29, 1.82) is 0 Å². The molecule has 0 spiro atoms. The van der Waals surface area contributed by atoms with E-state index in [0.29, 0.717) is 28.2 Å². The molecule has 134 valence electrons. The molecule has 0 saturated carbocycles. The van der Waals surface area contributed by atoms with E-state index in [9.17, 15) is 4.79 Å². The van der Waals surface area contributed by atoms with E-state index in [1.54, 1.807) is 31.4 Å². The second kappa shape index (κ2) is 8.30. The third-order valence-electron chi connectivity index (χ3n) is 3.37. The number of aromatic nitrogens is 2. The molecule has 0 bridgehead atoms. The molecule has 2 aromatic carbocycles. The van der Waals surface area contributed by atoms with Gasteiger partial charge in [-0.2, -0.15) is 0 Å². The van der Waals surface area contributed by atoms with Gasteiger partial charge in [-0.05, 0) is 36.8 Å². The molecule has 2 amide bonds. The lowest BCUT2D eigenvalue weighted by molar-refractivity contribution is 0.262. The maximum atomic E-state index is 12.1. The van der Waals surface area contributed by atoms with Gasteiger partial charge in [0.1, 0.15) is 18.1 Å². The molecule has 8 heteroatoms. The van der Waals surface area contributed by atoms with Crippen molar-refractivity contribution in [1.82, 2.24) is 10.2 Å². The molecule has 0 aliphatic carbocycles. The van der Waals surface area contributed by atoms with Crippen LogP contribution < -0.4 is 20.1 Å². The summed E-state index contributed by atoms with van der Waals surface area (Å²) in [5.74, 6) is 1.43. The number of amides is 2. The smallest absolute Gasteiger partial charge is 0.325 e. The maximum absolute atomic E-state index is 12.1. The van der Waals surface area contributed by atoms with Gasteiger partial charge in [-0.15, -0.1) is 10.2 Å². The van der Waals surface area contributed by atoms with Gasteiger partial charge >= 0.3 is 6.03 Å². The summed E-state index contributed by atoms with van der Waals surface area (Å²) in [6.45, 7) is 2.29. The summed E-state index contributed by atoms with van der Waals surface area (Å²) in [7, 11) is 1.57. The molecule has 0 saturated heterocycles. The van der Waals surface area contributed by atoms with Crippen LogP contribution in [-0.2, 0) is 6.61 Å². The van der Waals surface area contributed by atoms with Crippen molar-refractivity contribution in [2.45, 2.75) is 13.5 Å². The van der Waals surface area contributed by atoms with E-state index < -0.39 is 6.03 Å². The van der Waals surface area contributed by atoms with Gasteiger partial charge in [0.25, 0.3) is 0 Å². The van der Waals surface area contributed by atoms with E-state index in [0.717, 1.165) is 11.3 Å². The topological polar surface area (TPSA) is 85.4 Å². The van der Waals surface area contributed by atoms with Crippen LogP contribution in [0.4, 0.5) is 15.6 Å². The predicted octanol–water partition coefficient (Wildman–Crippen LogP) is 4.08. The molecule has 0 aliphatic heterocycles. The highest BCUT2D eigenvalue weighted by Crippen LogP contribution is 2.20. The standard InChI is InChI=1S/C18H18N4O3S/c1-12-5-3-8-15(9-12)25-11-16-21-22-18(26-16)20-17(23)19-13-6-4-7-14(10-13)24-2/h3-10H,11H2,1-2H3,(H2,19,20,22,23). The number of carbonyl (C=O) groups excluding carboxylic acids is 1. The van der Waals surface area contributed by atoms with Crippen molar-refractivity contribution in [3.8, 4) is 11.5 Å². The third kappa shape index (κ3) is 4.93. The number of carbonyl (C=O) groups is 1. The summed E-state index contributed by atoms with van der Waals surface area (Å²) in [5.41, 5.74) is 1.74. The first-order chi connectivity index (χ1) is 12.6. The fourth-order valence-corrected chi connectivity index (χ4v) is 2.82. The number of methoxy groups -OCH3 is 1. The van der Waals surface area contributed by atoms with E-state index in [4.69, 9.17) is 9.47 Å². The number of aryl methyl sites for hydroxylation is 1. The number of nitrogens with zero attached hydrogens (tertiary/aromatic N) is 2. The van der Waals surface area contributed by atoms with Gasteiger partial charge in [-0.3, -0.25) is 5.32 Å². The molecule has 0 aliphatic rings. The molecule has 0 unspecified atom stereocenters. The first-order valence-corrected chi connectivity index (χ1v) is 8.68. The van der Waals surface area contributed by atoms with Crippen LogP contribution in [0.5, 0.6) is 11.5 Å². The van der Waals surface area contributed by atoms with Crippen molar-refractivity contribution in [2.24, 2.45) is 0 Å². The van der Waals surface area contributed by atoms with Gasteiger partial charge in [0, 0.05) is 11.8 Å². The van der Waals surface area contributed by atoms with Crippen LogP contribution in [-0.4, -0.2) is 23.3 Å². The van der Waals surface area contributed by atoms with Crippen LogP contribution >= 0.6 is 11.3 Å². The SMILES string of the molecule is COc1cccc(NC(=O)Nc2nnc(COc3cccc(C)c3)s2)c1. The van der Waals surface area contributed by atoms with Crippen LogP contribution in [0, 0.1) is 6.92 Å². The average molecular weight is 370 g/mol. The van der Waals surface area contributed by atoms with Gasteiger partial charge in [0.2, 0.25) is 5.13 Å². The first kappa shape index (κ1) is 17.7. The minimum atomic E-state index is -0.402. The van der Waals surface area contributed by atoms with Gasteiger partial charge in [0.15, 0.2) is 5.01 Å². The summed E-state index contributed by atoms with van der Waals surface area (Å²) in [6, 6.07) is 14.4. The zero-order chi connectivity index (χ0) is 18.4. The van der Waals surface area contributed by atoms with E-state index in [-0.39, 0.29) is 0 Å². The number of rotatable bonds is 6. The molecule has 0 atom stereocenters. The molecule has 1 heterocycles. The lowest BCUT2D eigenvalue weighted by atomic mass is 10.2. The molecular weight excluding hydrogens is 352 g/mol. The highest BCUT2D eigenvalue weighted by atomic mass is 32.1.